The Kier molecular flexibility index (Phi) is 7.10. The number of hydrogen-bond donors (Lipinski definition) is 2. The number of carbonyl (C=O) groups is 2. The number of aliphatic hydroxyl groups is 2. The minimum absolute atomic E-state index is 0.0242. The maximum absolute atomic E-state index is 15.3. The summed E-state index contributed by atoms with van der Waals surface area (Å²) in [5.74, 6) is -4.83. The zero-order valence-corrected chi connectivity index (χ0v) is 18.5. The van der Waals surface area contributed by atoms with Crippen LogP contribution in [-0.4, -0.2) is 60.9 Å². The van der Waals surface area contributed by atoms with Crippen LogP contribution in [0.2, 0.25) is 0 Å². The highest BCUT2D eigenvalue weighted by atomic mass is 19.2. The van der Waals surface area contributed by atoms with Crippen molar-refractivity contribution in [2.75, 3.05) is 6.61 Å². The molecule has 1 saturated heterocycles. The van der Waals surface area contributed by atoms with Crippen molar-refractivity contribution in [2.45, 2.75) is 56.7 Å². The second-order valence-corrected chi connectivity index (χ2v) is 8.39. The van der Waals surface area contributed by atoms with Crippen molar-refractivity contribution in [3.05, 3.63) is 63.2 Å². The van der Waals surface area contributed by atoms with E-state index in [-0.39, 0.29) is 11.5 Å². The van der Waals surface area contributed by atoms with Crippen LogP contribution >= 0.6 is 0 Å². The molecule has 1 aliphatic heterocycles. The zero-order chi connectivity index (χ0) is 25.2. The summed E-state index contributed by atoms with van der Waals surface area (Å²) >= 11 is 0. The van der Waals surface area contributed by atoms with Crippen molar-refractivity contribution < 1.29 is 38.4 Å². The quantitative estimate of drug-likeness (QED) is 0.498. The summed E-state index contributed by atoms with van der Waals surface area (Å²) in [7, 11) is 0. The van der Waals surface area contributed by atoms with E-state index in [0.717, 1.165) is 25.1 Å². The SMILES string of the molecule is O=C(OC[C@@]1(F)O[C@@H](n2ccc(=O)n(COC(=O)C3CCCC3)c2=O)[C@H](O)[C@@H]1O)c1cccnc1. The number of carbonyl (C=O) groups excluding carboxylic acids is 2. The number of pyridine rings is 1. The summed E-state index contributed by atoms with van der Waals surface area (Å²) in [6, 6.07) is 3.79. The van der Waals surface area contributed by atoms with Crippen LogP contribution in [0.4, 0.5) is 4.39 Å². The molecule has 2 aromatic rings. The molecule has 1 aliphatic carbocycles. The minimum Gasteiger partial charge on any atom is -0.456 e. The number of rotatable bonds is 7. The van der Waals surface area contributed by atoms with E-state index in [9.17, 15) is 29.4 Å². The van der Waals surface area contributed by atoms with Gasteiger partial charge in [-0.05, 0) is 25.0 Å². The summed E-state index contributed by atoms with van der Waals surface area (Å²) in [5.41, 5.74) is -1.84. The predicted octanol–water partition coefficient (Wildman–Crippen LogP) is -0.131. The van der Waals surface area contributed by atoms with Gasteiger partial charge in [0.25, 0.3) is 11.4 Å². The molecule has 0 spiro atoms. The first-order valence-electron chi connectivity index (χ1n) is 11.0. The molecule has 0 aromatic carbocycles. The number of hydrogen-bond acceptors (Lipinski definition) is 10. The molecule has 4 rings (SSSR count). The van der Waals surface area contributed by atoms with Gasteiger partial charge in [0, 0.05) is 24.7 Å². The fourth-order valence-electron chi connectivity index (χ4n) is 4.07. The van der Waals surface area contributed by atoms with Crippen LogP contribution in [-0.2, 0) is 25.7 Å². The van der Waals surface area contributed by atoms with Gasteiger partial charge in [-0.25, -0.2) is 18.5 Å². The Hall–Kier alpha value is -3.42. The smallest absolute Gasteiger partial charge is 0.339 e. The molecular weight excluding hydrogens is 469 g/mol. The number of esters is 2. The molecule has 2 aliphatic rings. The molecule has 1 saturated carbocycles. The van der Waals surface area contributed by atoms with Crippen LogP contribution in [0.25, 0.3) is 0 Å². The van der Waals surface area contributed by atoms with E-state index in [1.807, 2.05) is 0 Å². The van der Waals surface area contributed by atoms with E-state index >= 15 is 4.39 Å². The van der Waals surface area contributed by atoms with Crippen LogP contribution in [0.5, 0.6) is 0 Å². The third kappa shape index (κ3) is 5.01. The first-order chi connectivity index (χ1) is 16.7. The lowest BCUT2D eigenvalue weighted by molar-refractivity contribution is -0.207. The third-order valence-electron chi connectivity index (χ3n) is 6.07. The molecule has 2 N–H and O–H groups in total. The van der Waals surface area contributed by atoms with Gasteiger partial charge in [-0.3, -0.25) is 19.1 Å². The van der Waals surface area contributed by atoms with Gasteiger partial charge in [0.1, 0.15) is 12.2 Å². The number of nitrogens with zero attached hydrogens (tertiary/aromatic N) is 3. The first-order valence-corrected chi connectivity index (χ1v) is 11.0. The largest absolute Gasteiger partial charge is 0.456 e. The number of ether oxygens (including phenoxy) is 3. The summed E-state index contributed by atoms with van der Waals surface area (Å²) < 4.78 is 31.7. The number of alkyl halides is 1. The average Bonchev–Trinajstić information content (AvgIpc) is 3.47. The molecule has 4 atom stereocenters. The van der Waals surface area contributed by atoms with Crippen LogP contribution in [0, 0.1) is 5.92 Å². The van der Waals surface area contributed by atoms with Gasteiger partial charge in [0.2, 0.25) is 0 Å². The summed E-state index contributed by atoms with van der Waals surface area (Å²) in [6.07, 6.45) is 0.755. The molecule has 0 amide bonds. The summed E-state index contributed by atoms with van der Waals surface area (Å²) in [5, 5.41) is 20.6. The molecule has 35 heavy (non-hydrogen) atoms. The van der Waals surface area contributed by atoms with Crippen molar-refractivity contribution in [1.82, 2.24) is 14.1 Å². The highest BCUT2D eigenvalue weighted by molar-refractivity contribution is 5.88. The van der Waals surface area contributed by atoms with Gasteiger partial charge in [-0.2, -0.15) is 0 Å². The zero-order valence-electron chi connectivity index (χ0n) is 18.5. The molecule has 2 aromatic heterocycles. The van der Waals surface area contributed by atoms with Crippen molar-refractivity contribution in [1.29, 1.82) is 0 Å². The van der Waals surface area contributed by atoms with Gasteiger partial charge < -0.3 is 24.4 Å². The Balaban J connectivity index is 1.48. The van der Waals surface area contributed by atoms with Crippen LogP contribution in [0.1, 0.15) is 42.3 Å². The maximum Gasteiger partial charge on any atom is 0.339 e. The van der Waals surface area contributed by atoms with E-state index in [4.69, 9.17) is 14.2 Å². The monoisotopic (exact) mass is 493 g/mol. The Bertz CT molecular complexity index is 1190. The predicted molar refractivity (Wildman–Crippen MR) is 114 cm³/mol. The third-order valence-corrected chi connectivity index (χ3v) is 6.07. The lowest BCUT2D eigenvalue weighted by Crippen LogP contribution is -2.44. The Morgan fingerprint density at radius 3 is 2.63 bits per heavy atom. The lowest BCUT2D eigenvalue weighted by atomic mass is 10.1. The lowest BCUT2D eigenvalue weighted by Gasteiger charge is -2.22. The van der Waals surface area contributed by atoms with Crippen molar-refractivity contribution in [2.24, 2.45) is 5.92 Å². The molecule has 3 heterocycles. The van der Waals surface area contributed by atoms with Crippen LogP contribution in [0.15, 0.2) is 46.4 Å². The molecule has 12 nitrogen and oxygen atoms in total. The second-order valence-electron chi connectivity index (χ2n) is 8.39. The number of halogens is 1. The average molecular weight is 493 g/mol. The molecule has 188 valence electrons. The molecule has 0 bridgehead atoms. The van der Waals surface area contributed by atoms with E-state index in [0.29, 0.717) is 22.0 Å². The Labute approximate surface area is 197 Å². The molecule has 0 radical (unpaired) electrons. The number of aromatic nitrogens is 3. The first kappa shape index (κ1) is 24.7. The van der Waals surface area contributed by atoms with Crippen molar-refractivity contribution in [3.63, 3.8) is 0 Å². The molecule has 13 heteroatoms. The topological polar surface area (TPSA) is 159 Å². The van der Waals surface area contributed by atoms with E-state index in [1.54, 1.807) is 0 Å². The Morgan fingerprint density at radius 2 is 1.94 bits per heavy atom. The van der Waals surface area contributed by atoms with E-state index < -0.39 is 60.8 Å². The van der Waals surface area contributed by atoms with Gasteiger partial charge in [0.15, 0.2) is 19.6 Å². The fraction of sp³-hybridized carbons (Fsp3) is 0.500. The van der Waals surface area contributed by atoms with Gasteiger partial charge in [-0.1, -0.05) is 12.8 Å². The van der Waals surface area contributed by atoms with Gasteiger partial charge in [0.05, 0.1) is 11.5 Å². The normalized spacial score (nSPS) is 26.5. The van der Waals surface area contributed by atoms with Gasteiger partial charge in [-0.15, -0.1) is 0 Å². The maximum atomic E-state index is 15.3. The highest BCUT2D eigenvalue weighted by Gasteiger charge is 2.57. The van der Waals surface area contributed by atoms with E-state index in [1.165, 1.54) is 24.5 Å². The van der Waals surface area contributed by atoms with E-state index in [2.05, 4.69) is 4.98 Å². The molecular formula is C22H24FN3O9. The molecule has 0 unspecified atom stereocenters. The van der Waals surface area contributed by atoms with Crippen LogP contribution in [0.3, 0.4) is 0 Å². The standard InChI is InChI=1S/C22H24FN3O9/c23-22(11-33-20(31)14-6-3-8-24-10-14)17(29)16(28)18(35-22)25-9-7-15(27)26(21(25)32)12-34-19(30)13-4-1-2-5-13/h3,6-10,13,16-18,28-29H,1-2,4-5,11-12H2/t16-,17+,18-,22-/m1/s1. The molecule has 2 fully saturated rings. The van der Waals surface area contributed by atoms with Crippen molar-refractivity contribution >= 4 is 11.9 Å². The fourth-order valence-corrected chi connectivity index (χ4v) is 4.07. The highest BCUT2D eigenvalue weighted by Crippen LogP contribution is 2.38. The summed E-state index contributed by atoms with van der Waals surface area (Å²) in [4.78, 5) is 53.0. The van der Waals surface area contributed by atoms with Crippen LogP contribution < -0.4 is 11.2 Å². The van der Waals surface area contributed by atoms with Crippen molar-refractivity contribution in [3.8, 4) is 0 Å². The number of aliphatic hydroxyl groups excluding tert-OH is 2. The Morgan fingerprint density at radius 1 is 1.20 bits per heavy atom. The second kappa shape index (κ2) is 10.1. The van der Waals surface area contributed by atoms with Gasteiger partial charge >= 0.3 is 17.6 Å². The summed E-state index contributed by atoms with van der Waals surface area (Å²) in [6.45, 7) is -1.77. The minimum atomic E-state index is -3.06.